The normalized spacial score (nSPS) is 15.2. The highest BCUT2D eigenvalue weighted by molar-refractivity contribution is 5.84. The van der Waals surface area contributed by atoms with Crippen LogP contribution in [0.15, 0.2) is 24.3 Å². The molecular weight excluding hydrogens is 216 g/mol. The number of carbonyl (C=O) groups is 1. The van der Waals surface area contributed by atoms with E-state index < -0.39 is 6.09 Å². The molecule has 1 aliphatic carbocycles. The first-order chi connectivity index (χ1) is 8.28. The molecule has 1 amide bonds. The first-order valence-electron chi connectivity index (χ1n) is 5.76. The summed E-state index contributed by atoms with van der Waals surface area (Å²) in [4.78, 5) is 11.6. The van der Waals surface area contributed by atoms with Crippen molar-refractivity contribution in [3.8, 4) is 6.07 Å². The van der Waals surface area contributed by atoms with Crippen molar-refractivity contribution in [2.24, 2.45) is 0 Å². The summed E-state index contributed by atoms with van der Waals surface area (Å²) in [7, 11) is 0. The first kappa shape index (κ1) is 11.5. The van der Waals surface area contributed by atoms with Gasteiger partial charge < -0.3 is 4.74 Å². The molecule has 17 heavy (non-hydrogen) atoms. The van der Waals surface area contributed by atoms with Crippen LogP contribution in [0.25, 0.3) is 0 Å². The van der Waals surface area contributed by atoms with E-state index in [2.05, 4.69) is 5.32 Å². The average Bonchev–Trinajstić information content (AvgIpc) is 2.82. The molecule has 0 atom stereocenters. The quantitative estimate of drug-likeness (QED) is 0.849. The summed E-state index contributed by atoms with van der Waals surface area (Å²) in [5.74, 6) is 0. The SMILES string of the molecule is N#Cc1cccc(NC(=O)OC2CCCC2)c1. The molecule has 1 aromatic rings. The molecule has 0 radical (unpaired) electrons. The Hall–Kier alpha value is -2.02. The fourth-order valence-electron chi connectivity index (χ4n) is 1.97. The van der Waals surface area contributed by atoms with Gasteiger partial charge in [-0.15, -0.1) is 0 Å². The third-order valence-electron chi connectivity index (χ3n) is 2.81. The van der Waals surface area contributed by atoms with Gasteiger partial charge in [-0.2, -0.15) is 5.26 Å². The molecule has 4 heteroatoms. The second kappa shape index (κ2) is 5.35. The molecule has 0 saturated heterocycles. The van der Waals surface area contributed by atoms with Crippen LogP contribution in [-0.4, -0.2) is 12.2 Å². The van der Waals surface area contributed by atoms with Crippen LogP contribution in [0.1, 0.15) is 31.2 Å². The Morgan fingerprint density at radius 2 is 2.18 bits per heavy atom. The number of nitriles is 1. The van der Waals surface area contributed by atoms with E-state index in [0.717, 1.165) is 25.7 Å². The van der Waals surface area contributed by atoms with Gasteiger partial charge >= 0.3 is 6.09 Å². The Kier molecular flexibility index (Phi) is 3.61. The molecular formula is C13H14N2O2. The lowest BCUT2D eigenvalue weighted by Crippen LogP contribution is -2.20. The zero-order valence-corrected chi connectivity index (χ0v) is 9.48. The lowest BCUT2D eigenvalue weighted by atomic mass is 10.2. The van der Waals surface area contributed by atoms with Gasteiger partial charge in [0.25, 0.3) is 0 Å². The Morgan fingerprint density at radius 3 is 2.88 bits per heavy atom. The monoisotopic (exact) mass is 230 g/mol. The number of carbonyl (C=O) groups excluding carboxylic acids is 1. The molecule has 2 rings (SSSR count). The van der Waals surface area contributed by atoms with Crippen LogP contribution in [0.4, 0.5) is 10.5 Å². The number of nitrogens with one attached hydrogen (secondary N) is 1. The van der Waals surface area contributed by atoms with Crippen LogP contribution in [0.2, 0.25) is 0 Å². The van der Waals surface area contributed by atoms with Crippen molar-refractivity contribution in [2.75, 3.05) is 5.32 Å². The summed E-state index contributed by atoms with van der Waals surface area (Å²) in [6.45, 7) is 0. The highest BCUT2D eigenvalue weighted by atomic mass is 16.6. The summed E-state index contributed by atoms with van der Waals surface area (Å²) in [6, 6.07) is 8.79. The minimum absolute atomic E-state index is 0.0501. The predicted molar refractivity (Wildman–Crippen MR) is 63.5 cm³/mol. The number of rotatable bonds is 2. The molecule has 0 heterocycles. The number of anilines is 1. The third-order valence-corrected chi connectivity index (χ3v) is 2.81. The second-order valence-electron chi connectivity index (χ2n) is 4.13. The van der Waals surface area contributed by atoms with Gasteiger partial charge in [-0.1, -0.05) is 6.07 Å². The number of hydrogen-bond donors (Lipinski definition) is 1. The Balaban J connectivity index is 1.91. The number of hydrogen-bond acceptors (Lipinski definition) is 3. The molecule has 1 N–H and O–H groups in total. The Bertz CT molecular complexity index is 445. The summed E-state index contributed by atoms with van der Waals surface area (Å²) >= 11 is 0. The Labute approximate surface area is 100 Å². The number of benzene rings is 1. The predicted octanol–water partition coefficient (Wildman–Crippen LogP) is 3.05. The van der Waals surface area contributed by atoms with E-state index in [1.165, 1.54) is 0 Å². The van der Waals surface area contributed by atoms with E-state index in [1.54, 1.807) is 24.3 Å². The van der Waals surface area contributed by atoms with Gasteiger partial charge in [0.2, 0.25) is 0 Å². The van der Waals surface area contributed by atoms with Gasteiger partial charge in [0.05, 0.1) is 11.6 Å². The molecule has 0 unspecified atom stereocenters. The molecule has 4 nitrogen and oxygen atoms in total. The molecule has 1 aromatic carbocycles. The van der Waals surface area contributed by atoms with E-state index in [0.29, 0.717) is 11.3 Å². The topological polar surface area (TPSA) is 62.1 Å². The van der Waals surface area contributed by atoms with Gasteiger partial charge in [0.1, 0.15) is 6.10 Å². The van der Waals surface area contributed by atoms with Gasteiger partial charge in [-0.3, -0.25) is 5.32 Å². The number of ether oxygens (including phenoxy) is 1. The fraction of sp³-hybridized carbons (Fsp3) is 0.385. The van der Waals surface area contributed by atoms with Crippen molar-refractivity contribution in [2.45, 2.75) is 31.8 Å². The molecule has 0 spiro atoms. The zero-order valence-electron chi connectivity index (χ0n) is 9.48. The van der Waals surface area contributed by atoms with Gasteiger partial charge in [0.15, 0.2) is 0 Å². The molecule has 88 valence electrons. The maximum absolute atomic E-state index is 11.6. The van der Waals surface area contributed by atoms with Gasteiger partial charge in [-0.05, 0) is 43.9 Å². The molecule has 0 aliphatic heterocycles. The summed E-state index contributed by atoms with van der Waals surface area (Å²) in [6.07, 6.45) is 3.77. The maximum atomic E-state index is 11.6. The van der Waals surface area contributed by atoms with Crippen LogP contribution < -0.4 is 5.32 Å². The summed E-state index contributed by atoms with van der Waals surface area (Å²) < 4.78 is 5.26. The lowest BCUT2D eigenvalue weighted by Gasteiger charge is -2.12. The molecule has 1 aliphatic rings. The fourth-order valence-corrected chi connectivity index (χ4v) is 1.97. The minimum Gasteiger partial charge on any atom is -0.446 e. The third kappa shape index (κ3) is 3.22. The lowest BCUT2D eigenvalue weighted by molar-refractivity contribution is 0.114. The van der Waals surface area contributed by atoms with E-state index in [4.69, 9.17) is 10.00 Å². The van der Waals surface area contributed by atoms with E-state index >= 15 is 0 Å². The largest absolute Gasteiger partial charge is 0.446 e. The van der Waals surface area contributed by atoms with Crippen molar-refractivity contribution >= 4 is 11.8 Å². The van der Waals surface area contributed by atoms with Crippen LogP contribution in [0.5, 0.6) is 0 Å². The van der Waals surface area contributed by atoms with Crippen LogP contribution in [0, 0.1) is 11.3 Å². The Morgan fingerprint density at radius 1 is 1.41 bits per heavy atom. The number of amides is 1. The summed E-state index contributed by atoms with van der Waals surface area (Å²) in [5.41, 5.74) is 1.11. The summed E-state index contributed by atoms with van der Waals surface area (Å²) in [5, 5.41) is 11.4. The standard InChI is InChI=1S/C13H14N2O2/c14-9-10-4-3-5-11(8-10)15-13(16)17-12-6-1-2-7-12/h3-5,8,12H,1-2,6-7H2,(H,15,16). The van der Waals surface area contributed by atoms with Crippen LogP contribution in [-0.2, 0) is 4.74 Å². The average molecular weight is 230 g/mol. The maximum Gasteiger partial charge on any atom is 0.411 e. The van der Waals surface area contributed by atoms with E-state index in [-0.39, 0.29) is 6.10 Å². The molecule has 0 aromatic heterocycles. The van der Waals surface area contributed by atoms with E-state index in [9.17, 15) is 4.79 Å². The van der Waals surface area contributed by atoms with Gasteiger partial charge in [-0.25, -0.2) is 4.79 Å². The van der Waals surface area contributed by atoms with E-state index in [1.807, 2.05) is 6.07 Å². The van der Waals surface area contributed by atoms with Crippen molar-refractivity contribution in [1.82, 2.24) is 0 Å². The molecule has 1 fully saturated rings. The second-order valence-corrected chi connectivity index (χ2v) is 4.13. The van der Waals surface area contributed by atoms with Crippen molar-refractivity contribution in [3.05, 3.63) is 29.8 Å². The van der Waals surface area contributed by atoms with Crippen LogP contribution >= 0.6 is 0 Å². The van der Waals surface area contributed by atoms with Crippen LogP contribution in [0.3, 0.4) is 0 Å². The van der Waals surface area contributed by atoms with Gasteiger partial charge in [0, 0.05) is 5.69 Å². The molecule has 0 bridgehead atoms. The highest BCUT2D eigenvalue weighted by Crippen LogP contribution is 2.21. The minimum atomic E-state index is -0.438. The zero-order chi connectivity index (χ0) is 12.1. The molecule has 1 saturated carbocycles. The van der Waals surface area contributed by atoms with Crippen molar-refractivity contribution in [3.63, 3.8) is 0 Å². The highest BCUT2D eigenvalue weighted by Gasteiger charge is 2.19. The smallest absolute Gasteiger partial charge is 0.411 e. The van der Waals surface area contributed by atoms with Crippen molar-refractivity contribution < 1.29 is 9.53 Å². The van der Waals surface area contributed by atoms with Crippen molar-refractivity contribution in [1.29, 1.82) is 5.26 Å². The first-order valence-corrected chi connectivity index (χ1v) is 5.76. The number of nitrogens with zero attached hydrogens (tertiary/aromatic N) is 1.